The molecule has 0 aliphatic carbocycles. The molecule has 0 aromatic heterocycles. The Balaban J connectivity index is 1.72. The number of carbonyl (C=O) groups excluding carboxylic acids is 1. The van der Waals surface area contributed by atoms with Gasteiger partial charge in [-0.1, -0.05) is 12.5 Å². The van der Waals surface area contributed by atoms with Crippen molar-refractivity contribution in [1.82, 2.24) is 4.90 Å². The standard InChI is InChI=1S/C17H26N2O3/c1-14(2)22-16-8-6-7-15(13-16)18-17(20)21-12-11-19-9-4-3-5-10-19/h6-8,13-14H,3-5,9-12H2,1-2H3,(H,18,20). The van der Waals surface area contributed by atoms with Crippen LogP contribution < -0.4 is 10.1 Å². The number of piperidine rings is 1. The first-order valence-corrected chi connectivity index (χ1v) is 8.06. The van der Waals surface area contributed by atoms with Crippen LogP contribution in [0.4, 0.5) is 10.5 Å². The van der Waals surface area contributed by atoms with Crippen LogP contribution in [-0.4, -0.2) is 43.3 Å². The van der Waals surface area contributed by atoms with E-state index in [2.05, 4.69) is 10.2 Å². The highest BCUT2D eigenvalue weighted by Crippen LogP contribution is 2.18. The van der Waals surface area contributed by atoms with Crippen molar-refractivity contribution < 1.29 is 14.3 Å². The van der Waals surface area contributed by atoms with E-state index in [9.17, 15) is 4.79 Å². The van der Waals surface area contributed by atoms with Crippen molar-refractivity contribution >= 4 is 11.8 Å². The van der Waals surface area contributed by atoms with Crippen molar-refractivity contribution in [3.63, 3.8) is 0 Å². The monoisotopic (exact) mass is 306 g/mol. The molecule has 1 saturated heterocycles. The molecule has 1 fully saturated rings. The Bertz CT molecular complexity index is 471. The van der Waals surface area contributed by atoms with E-state index >= 15 is 0 Å². The molecule has 1 heterocycles. The molecule has 0 bridgehead atoms. The summed E-state index contributed by atoms with van der Waals surface area (Å²) in [6, 6.07) is 7.33. The normalized spacial score (nSPS) is 15.6. The van der Waals surface area contributed by atoms with E-state index in [0.717, 1.165) is 25.4 Å². The number of nitrogens with zero attached hydrogens (tertiary/aromatic N) is 1. The van der Waals surface area contributed by atoms with Gasteiger partial charge in [-0.05, 0) is 51.9 Å². The third-order valence-electron chi connectivity index (χ3n) is 3.54. The number of rotatable bonds is 6. The van der Waals surface area contributed by atoms with Crippen molar-refractivity contribution in [2.45, 2.75) is 39.2 Å². The lowest BCUT2D eigenvalue weighted by atomic mass is 10.1. The fraction of sp³-hybridized carbons (Fsp3) is 0.588. The van der Waals surface area contributed by atoms with Crippen molar-refractivity contribution in [3.05, 3.63) is 24.3 Å². The summed E-state index contributed by atoms with van der Waals surface area (Å²) >= 11 is 0. The van der Waals surface area contributed by atoms with Gasteiger partial charge in [-0.2, -0.15) is 0 Å². The number of carbonyl (C=O) groups is 1. The highest BCUT2D eigenvalue weighted by atomic mass is 16.5. The first-order valence-electron chi connectivity index (χ1n) is 8.06. The van der Waals surface area contributed by atoms with Gasteiger partial charge in [0.15, 0.2) is 0 Å². The minimum Gasteiger partial charge on any atom is -0.491 e. The average Bonchev–Trinajstić information content (AvgIpc) is 2.48. The Morgan fingerprint density at radius 3 is 2.77 bits per heavy atom. The molecule has 1 aromatic carbocycles. The second kappa shape index (κ2) is 8.63. The van der Waals surface area contributed by atoms with Crippen LogP contribution in [0.25, 0.3) is 0 Å². The molecule has 0 unspecified atom stereocenters. The number of hydrogen-bond donors (Lipinski definition) is 1. The molecule has 1 aliphatic heterocycles. The number of nitrogens with one attached hydrogen (secondary N) is 1. The molecule has 1 aliphatic rings. The molecule has 2 rings (SSSR count). The van der Waals surface area contributed by atoms with Gasteiger partial charge >= 0.3 is 6.09 Å². The molecule has 1 amide bonds. The van der Waals surface area contributed by atoms with Crippen LogP contribution in [0.5, 0.6) is 5.75 Å². The number of anilines is 1. The van der Waals surface area contributed by atoms with Gasteiger partial charge in [0.25, 0.3) is 0 Å². The largest absolute Gasteiger partial charge is 0.491 e. The predicted octanol–water partition coefficient (Wildman–Crippen LogP) is 3.51. The van der Waals surface area contributed by atoms with Crippen molar-refractivity contribution in [1.29, 1.82) is 0 Å². The molecule has 0 spiro atoms. The molecule has 0 atom stereocenters. The smallest absolute Gasteiger partial charge is 0.411 e. The molecule has 5 nitrogen and oxygen atoms in total. The van der Waals surface area contributed by atoms with Gasteiger partial charge < -0.3 is 9.47 Å². The Kier molecular flexibility index (Phi) is 6.52. The maximum Gasteiger partial charge on any atom is 0.411 e. The fourth-order valence-corrected chi connectivity index (χ4v) is 2.52. The van der Waals surface area contributed by atoms with Crippen LogP contribution in [0.15, 0.2) is 24.3 Å². The summed E-state index contributed by atoms with van der Waals surface area (Å²) in [5.74, 6) is 0.737. The Labute approximate surface area is 132 Å². The predicted molar refractivity (Wildman–Crippen MR) is 87.5 cm³/mol. The second-order valence-electron chi connectivity index (χ2n) is 5.86. The first kappa shape index (κ1) is 16.6. The van der Waals surface area contributed by atoms with Gasteiger partial charge in [0.05, 0.1) is 6.10 Å². The van der Waals surface area contributed by atoms with Gasteiger partial charge in [0, 0.05) is 18.3 Å². The number of likely N-dealkylation sites (tertiary alicyclic amines) is 1. The lowest BCUT2D eigenvalue weighted by molar-refractivity contribution is 0.131. The Morgan fingerprint density at radius 1 is 1.27 bits per heavy atom. The molecule has 22 heavy (non-hydrogen) atoms. The van der Waals surface area contributed by atoms with Crippen molar-refractivity contribution in [2.75, 3.05) is 31.6 Å². The van der Waals surface area contributed by atoms with Crippen LogP contribution in [0.1, 0.15) is 33.1 Å². The summed E-state index contributed by atoms with van der Waals surface area (Å²) in [6.07, 6.45) is 3.49. The number of amides is 1. The SMILES string of the molecule is CC(C)Oc1cccc(NC(=O)OCCN2CCCCC2)c1. The van der Waals surface area contributed by atoms with E-state index in [0.29, 0.717) is 12.3 Å². The summed E-state index contributed by atoms with van der Waals surface area (Å²) < 4.78 is 10.8. The lowest BCUT2D eigenvalue weighted by Gasteiger charge is -2.25. The van der Waals surface area contributed by atoms with E-state index in [1.165, 1.54) is 19.3 Å². The van der Waals surface area contributed by atoms with Crippen LogP contribution in [0, 0.1) is 0 Å². The Hall–Kier alpha value is -1.75. The third kappa shape index (κ3) is 5.93. The quantitative estimate of drug-likeness (QED) is 0.874. The zero-order chi connectivity index (χ0) is 15.8. The van der Waals surface area contributed by atoms with Gasteiger partial charge in [0.1, 0.15) is 12.4 Å². The summed E-state index contributed by atoms with van der Waals surface area (Å²) in [5.41, 5.74) is 0.682. The summed E-state index contributed by atoms with van der Waals surface area (Å²) in [6.45, 7) is 7.39. The van der Waals surface area contributed by atoms with Crippen LogP contribution in [0.3, 0.4) is 0 Å². The highest BCUT2D eigenvalue weighted by Gasteiger charge is 2.11. The molecular formula is C17H26N2O3. The first-order chi connectivity index (χ1) is 10.6. The number of ether oxygens (including phenoxy) is 2. The molecule has 122 valence electrons. The van der Waals surface area contributed by atoms with Crippen LogP contribution >= 0.6 is 0 Å². The van der Waals surface area contributed by atoms with E-state index in [1.807, 2.05) is 32.0 Å². The van der Waals surface area contributed by atoms with Crippen LogP contribution in [0.2, 0.25) is 0 Å². The van der Waals surface area contributed by atoms with E-state index in [4.69, 9.17) is 9.47 Å². The third-order valence-corrected chi connectivity index (χ3v) is 3.54. The second-order valence-corrected chi connectivity index (χ2v) is 5.86. The van der Waals surface area contributed by atoms with E-state index in [1.54, 1.807) is 6.07 Å². The van der Waals surface area contributed by atoms with E-state index in [-0.39, 0.29) is 6.10 Å². The number of hydrogen-bond acceptors (Lipinski definition) is 4. The lowest BCUT2D eigenvalue weighted by Crippen LogP contribution is -2.33. The summed E-state index contributed by atoms with van der Waals surface area (Å²) in [7, 11) is 0. The Morgan fingerprint density at radius 2 is 2.05 bits per heavy atom. The summed E-state index contributed by atoms with van der Waals surface area (Å²) in [5, 5.41) is 2.73. The maximum absolute atomic E-state index is 11.8. The van der Waals surface area contributed by atoms with Gasteiger partial charge in [-0.15, -0.1) is 0 Å². The number of benzene rings is 1. The fourth-order valence-electron chi connectivity index (χ4n) is 2.52. The average molecular weight is 306 g/mol. The zero-order valence-electron chi connectivity index (χ0n) is 13.5. The summed E-state index contributed by atoms with van der Waals surface area (Å²) in [4.78, 5) is 14.1. The zero-order valence-corrected chi connectivity index (χ0v) is 13.5. The van der Waals surface area contributed by atoms with Crippen LogP contribution in [-0.2, 0) is 4.74 Å². The maximum atomic E-state index is 11.8. The van der Waals surface area contributed by atoms with Gasteiger partial charge in [0.2, 0.25) is 0 Å². The van der Waals surface area contributed by atoms with Crippen molar-refractivity contribution in [2.24, 2.45) is 0 Å². The minimum absolute atomic E-state index is 0.103. The molecule has 1 N–H and O–H groups in total. The molecule has 0 saturated carbocycles. The van der Waals surface area contributed by atoms with Gasteiger partial charge in [-0.3, -0.25) is 10.2 Å². The molecular weight excluding hydrogens is 280 g/mol. The highest BCUT2D eigenvalue weighted by molar-refractivity contribution is 5.84. The molecule has 1 aromatic rings. The van der Waals surface area contributed by atoms with Gasteiger partial charge in [-0.25, -0.2) is 4.79 Å². The minimum atomic E-state index is -0.418. The topological polar surface area (TPSA) is 50.8 Å². The molecule has 0 radical (unpaired) electrons. The van der Waals surface area contributed by atoms with Crippen molar-refractivity contribution in [3.8, 4) is 5.75 Å². The molecule has 5 heteroatoms. The van der Waals surface area contributed by atoms with E-state index < -0.39 is 6.09 Å².